The summed E-state index contributed by atoms with van der Waals surface area (Å²) in [6.45, 7) is 0. The first kappa shape index (κ1) is 20.6. The SMILES string of the molecule is O=C(Nc1ccc(C(=O)ON2C(=O)c3ccccc3C2=O)cc1)c1cc(Cl)cc(Cl)c1. The molecule has 1 aliphatic rings. The van der Waals surface area contributed by atoms with E-state index in [0.717, 1.165) is 0 Å². The summed E-state index contributed by atoms with van der Waals surface area (Å²) in [6, 6.07) is 16.4. The zero-order valence-corrected chi connectivity index (χ0v) is 17.1. The molecular weight excluding hydrogens is 443 g/mol. The van der Waals surface area contributed by atoms with E-state index in [9.17, 15) is 19.2 Å². The summed E-state index contributed by atoms with van der Waals surface area (Å²) in [7, 11) is 0. The van der Waals surface area contributed by atoms with Crippen molar-refractivity contribution in [2.45, 2.75) is 0 Å². The van der Waals surface area contributed by atoms with Crippen LogP contribution in [0, 0.1) is 0 Å². The van der Waals surface area contributed by atoms with E-state index in [1.54, 1.807) is 12.1 Å². The van der Waals surface area contributed by atoms with Crippen LogP contribution in [0.15, 0.2) is 66.7 Å². The number of hydroxylamine groups is 2. The number of hydrogen-bond acceptors (Lipinski definition) is 5. The van der Waals surface area contributed by atoms with E-state index in [2.05, 4.69) is 5.32 Å². The molecule has 0 bridgehead atoms. The van der Waals surface area contributed by atoms with Crippen LogP contribution in [0.1, 0.15) is 41.4 Å². The Balaban J connectivity index is 1.44. The topological polar surface area (TPSA) is 92.8 Å². The summed E-state index contributed by atoms with van der Waals surface area (Å²) >= 11 is 11.8. The van der Waals surface area contributed by atoms with Gasteiger partial charge in [-0.15, -0.1) is 0 Å². The molecule has 0 aromatic heterocycles. The van der Waals surface area contributed by atoms with Crippen LogP contribution in [0.5, 0.6) is 0 Å². The van der Waals surface area contributed by atoms with Crippen molar-refractivity contribution in [3.63, 3.8) is 0 Å². The average Bonchev–Trinajstić information content (AvgIpc) is 2.98. The van der Waals surface area contributed by atoms with E-state index in [1.807, 2.05) is 0 Å². The van der Waals surface area contributed by atoms with Crippen molar-refractivity contribution in [2.24, 2.45) is 0 Å². The average molecular weight is 455 g/mol. The minimum atomic E-state index is -0.894. The molecule has 0 atom stereocenters. The first-order valence-corrected chi connectivity index (χ1v) is 9.67. The van der Waals surface area contributed by atoms with Gasteiger partial charge in [-0.2, -0.15) is 0 Å². The minimum absolute atomic E-state index is 0.0837. The molecule has 4 rings (SSSR count). The first-order valence-electron chi connectivity index (χ1n) is 8.91. The van der Waals surface area contributed by atoms with Gasteiger partial charge in [-0.3, -0.25) is 14.4 Å². The number of benzene rings is 3. The van der Waals surface area contributed by atoms with Crippen molar-refractivity contribution in [3.05, 3.63) is 99.0 Å². The van der Waals surface area contributed by atoms with E-state index in [0.29, 0.717) is 20.8 Å². The summed E-state index contributed by atoms with van der Waals surface area (Å²) in [6.07, 6.45) is 0. The third-order valence-electron chi connectivity index (χ3n) is 4.43. The summed E-state index contributed by atoms with van der Waals surface area (Å²) < 4.78 is 0. The Kier molecular flexibility index (Phi) is 5.46. The highest BCUT2D eigenvalue weighted by molar-refractivity contribution is 6.35. The zero-order valence-electron chi connectivity index (χ0n) is 15.6. The number of amides is 3. The van der Waals surface area contributed by atoms with Gasteiger partial charge in [-0.05, 0) is 54.6 Å². The Hall–Kier alpha value is -3.68. The summed E-state index contributed by atoms with van der Waals surface area (Å²) in [4.78, 5) is 54.3. The maximum Gasteiger partial charge on any atom is 0.363 e. The molecule has 9 heteroatoms. The highest BCUT2D eigenvalue weighted by Crippen LogP contribution is 2.24. The molecule has 0 saturated carbocycles. The van der Waals surface area contributed by atoms with Crippen molar-refractivity contribution in [1.82, 2.24) is 5.06 Å². The van der Waals surface area contributed by atoms with Crippen LogP contribution in [0.3, 0.4) is 0 Å². The number of fused-ring (bicyclic) bond motifs is 1. The van der Waals surface area contributed by atoms with E-state index in [-0.39, 0.29) is 22.3 Å². The Bertz CT molecular complexity index is 1190. The number of hydrogen-bond donors (Lipinski definition) is 1. The van der Waals surface area contributed by atoms with Gasteiger partial charge in [0.25, 0.3) is 17.7 Å². The van der Waals surface area contributed by atoms with Crippen LogP contribution < -0.4 is 5.32 Å². The molecule has 1 aliphatic heterocycles. The number of anilines is 1. The van der Waals surface area contributed by atoms with Gasteiger partial charge in [0, 0.05) is 21.3 Å². The molecule has 7 nitrogen and oxygen atoms in total. The fraction of sp³-hybridized carbons (Fsp3) is 0. The maximum absolute atomic E-state index is 12.4. The molecule has 3 aromatic rings. The maximum atomic E-state index is 12.4. The second-order valence-corrected chi connectivity index (χ2v) is 7.39. The Morgan fingerprint density at radius 2 is 1.32 bits per heavy atom. The lowest BCUT2D eigenvalue weighted by atomic mass is 10.1. The smallest absolute Gasteiger partial charge is 0.324 e. The van der Waals surface area contributed by atoms with Crippen molar-refractivity contribution in [1.29, 1.82) is 0 Å². The van der Waals surface area contributed by atoms with Crippen LogP contribution in [-0.2, 0) is 4.84 Å². The highest BCUT2D eigenvalue weighted by atomic mass is 35.5. The number of nitrogens with one attached hydrogen (secondary N) is 1. The number of nitrogens with zero attached hydrogens (tertiary/aromatic N) is 1. The van der Waals surface area contributed by atoms with Gasteiger partial charge in [-0.25, -0.2) is 4.79 Å². The molecule has 31 heavy (non-hydrogen) atoms. The number of carbonyl (C=O) groups is 4. The highest BCUT2D eigenvalue weighted by Gasteiger charge is 2.38. The second kappa shape index (κ2) is 8.22. The molecule has 0 aliphatic carbocycles. The standard InChI is InChI=1S/C22H12Cl2N2O5/c23-14-9-13(10-15(24)11-14)19(27)25-16-7-5-12(6-8-16)22(30)31-26-20(28)17-3-1-2-4-18(17)21(26)29/h1-11H,(H,25,27). The minimum Gasteiger partial charge on any atom is -0.324 e. The molecule has 1 N–H and O–H groups in total. The lowest BCUT2D eigenvalue weighted by molar-refractivity contribution is -0.0584. The lowest BCUT2D eigenvalue weighted by Gasteiger charge is -2.13. The van der Waals surface area contributed by atoms with Crippen LogP contribution in [0.4, 0.5) is 5.69 Å². The second-order valence-electron chi connectivity index (χ2n) is 6.52. The van der Waals surface area contributed by atoms with Crippen molar-refractivity contribution >= 4 is 52.6 Å². The molecule has 154 valence electrons. The molecular formula is C22H12Cl2N2O5. The van der Waals surface area contributed by atoms with Crippen molar-refractivity contribution in [2.75, 3.05) is 5.32 Å². The van der Waals surface area contributed by atoms with Gasteiger partial charge in [0.15, 0.2) is 0 Å². The summed E-state index contributed by atoms with van der Waals surface area (Å²) in [5.41, 5.74) is 1.09. The van der Waals surface area contributed by atoms with E-state index >= 15 is 0 Å². The van der Waals surface area contributed by atoms with Gasteiger partial charge in [0.05, 0.1) is 16.7 Å². The van der Waals surface area contributed by atoms with Crippen molar-refractivity contribution in [3.8, 4) is 0 Å². The molecule has 3 aromatic carbocycles. The quantitative estimate of drug-likeness (QED) is 0.580. The number of imide groups is 1. The van der Waals surface area contributed by atoms with Gasteiger partial charge in [0.2, 0.25) is 0 Å². The van der Waals surface area contributed by atoms with Gasteiger partial charge in [0.1, 0.15) is 0 Å². The molecule has 0 radical (unpaired) electrons. The summed E-state index contributed by atoms with van der Waals surface area (Å²) in [5.74, 6) is -2.75. The first-order chi connectivity index (χ1) is 14.8. The van der Waals surface area contributed by atoms with E-state index in [4.69, 9.17) is 28.0 Å². The third kappa shape index (κ3) is 4.14. The van der Waals surface area contributed by atoms with Gasteiger partial charge in [-0.1, -0.05) is 40.4 Å². The van der Waals surface area contributed by atoms with E-state index < -0.39 is 23.7 Å². The van der Waals surface area contributed by atoms with Gasteiger partial charge >= 0.3 is 5.97 Å². The number of carbonyl (C=O) groups excluding carboxylic acids is 4. The third-order valence-corrected chi connectivity index (χ3v) is 4.87. The Labute approximate surface area is 186 Å². The van der Waals surface area contributed by atoms with Gasteiger partial charge < -0.3 is 10.2 Å². The van der Waals surface area contributed by atoms with Crippen LogP contribution in [0.25, 0.3) is 0 Å². The lowest BCUT2D eigenvalue weighted by Crippen LogP contribution is -2.32. The number of rotatable bonds is 4. The molecule has 0 saturated heterocycles. The Morgan fingerprint density at radius 3 is 1.87 bits per heavy atom. The largest absolute Gasteiger partial charge is 0.363 e. The molecule has 0 fully saturated rings. The fourth-order valence-electron chi connectivity index (χ4n) is 2.96. The zero-order chi connectivity index (χ0) is 22.1. The normalized spacial score (nSPS) is 12.5. The van der Waals surface area contributed by atoms with E-state index in [1.165, 1.54) is 54.6 Å². The van der Waals surface area contributed by atoms with Crippen LogP contribution >= 0.6 is 23.2 Å². The monoisotopic (exact) mass is 454 g/mol. The van der Waals surface area contributed by atoms with Crippen LogP contribution in [0.2, 0.25) is 10.0 Å². The fourth-order valence-corrected chi connectivity index (χ4v) is 3.49. The molecule has 0 spiro atoms. The number of halogens is 2. The molecule has 1 heterocycles. The predicted octanol–water partition coefficient (Wildman–Crippen LogP) is 4.61. The molecule has 0 unspecified atom stereocenters. The van der Waals surface area contributed by atoms with Crippen LogP contribution in [-0.4, -0.2) is 28.8 Å². The summed E-state index contributed by atoms with van der Waals surface area (Å²) in [5, 5.41) is 3.73. The van der Waals surface area contributed by atoms with Crippen molar-refractivity contribution < 1.29 is 24.0 Å². The predicted molar refractivity (Wildman–Crippen MR) is 113 cm³/mol. The molecule has 3 amide bonds. The Morgan fingerprint density at radius 1 is 0.774 bits per heavy atom.